The van der Waals surface area contributed by atoms with Crippen molar-refractivity contribution < 1.29 is 9.90 Å². The van der Waals surface area contributed by atoms with E-state index in [1.54, 1.807) is 4.90 Å². The Kier molecular flexibility index (Phi) is 5.76. The normalized spacial score (nSPS) is 15.9. The predicted molar refractivity (Wildman–Crippen MR) is 90.5 cm³/mol. The SMILES string of the molecule is CN1CCN(c2cc(NCCCC(C)(C)CO)ncn2)CC1=O. The number of anilines is 2. The number of nitrogens with one attached hydrogen (secondary N) is 1. The van der Waals surface area contributed by atoms with Crippen LogP contribution < -0.4 is 10.2 Å². The highest BCUT2D eigenvalue weighted by Gasteiger charge is 2.22. The van der Waals surface area contributed by atoms with Crippen molar-refractivity contribution in [2.45, 2.75) is 26.7 Å². The third kappa shape index (κ3) is 5.06. The first-order valence-electron chi connectivity index (χ1n) is 8.07. The van der Waals surface area contributed by atoms with Gasteiger partial charge in [-0.1, -0.05) is 13.8 Å². The van der Waals surface area contributed by atoms with Crippen molar-refractivity contribution in [2.24, 2.45) is 5.41 Å². The molecule has 7 heteroatoms. The molecule has 1 fully saturated rings. The van der Waals surface area contributed by atoms with Crippen molar-refractivity contribution in [3.8, 4) is 0 Å². The highest BCUT2D eigenvalue weighted by molar-refractivity contribution is 5.82. The fraction of sp³-hybridized carbons (Fsp3) is 0.688. The van der Waals surface area contributed by atoms with Gasteiger partial charge in [0.1, 0.15) is 18.0 Å². The van der Waals surface area contributed by atoms with Crippen molar-refractivity contribution in [1.29, 1.82) is 0 Å². The molecule has 0 spiro atoms. The molecular weight excluding hydrogens is 294 g/mol. The molecule has 0 aliphatic carbocycles. The number of aromatic nitrogens is 2. The van der Waals surface area contributed by atoms with Gasteiger partial charge in [-0.2, -0.15) is 0 Å². The molecule has 2 heterocycles. The molecule has 0 aromatic carbocycles. The van der Waals surface area contributed by atoms with Crippen LogP contribution in [0.4, 0.5) is 11.6 Å². The molecule has 2 rings (SSSR count). The van der Waals surface area contributed by atoms with Gasteiger partial charge in [0.15, 0.2) is 0 Å². The fourth-order valence-electron chi connectivity index (χ4n) is 2.43. The van der Waals surface area contributed by atoms with Gasteiger partial charge in [0, 0.05) is 39.4 Å². The standard InChI is InChI=1S/C16H27N5O2/c1-16(2,11-22)5-4-6-17-13-9-14(19-12-18-13)21-8-7-20(3)15(23)10-21/h9,12,22H,4-8,10-11H2,1-3H3,(H,17,18,19). The van der Waals surface area contributed by atoms with Gasteiger partial charge in [-0.25, -0.2) is 9.97 Å². The Morgan fingerprint density at radius 1 is 1.35 bits per heavy atom. The maximum absolute atomic E-state index is 11.8. The van der Waals surface area contributed by atoms with E-state index >= 15 is 0 Å². The zero-order chi connectivity index (χ0) is 16.9. The lowest BCUT2D eigenvalue weighted by Gasteiger charge is -2.32. The molecule has 0 bridgehead atoms. The van der Waals surface area contributed by atoms with E-state index in [1.165, 1.54) is 6.33 Å². The number of likely N-dealkylation sites (N-methyl/N-ethyl adjacent to an activating group) is 1. The third-order valence-electron chi connectivity index (χ3n) is 4.20. The van der Waals surface area contributed by atoms with Gasteiger partial charge in [-0.05, 0) is 18.3 Å². The van der Waals surface area contributed by atoms with E-state index in [4.69, 9.17) is 0 Å². The van der Waals surface area contributed by atoms with Gasteiger partial charge >= 0.3 is 0 Å². The molecule has 0 saturated carbocycles. The first kappa shape index (κ1) is 17.5. The second-order valence-electron chi connectivity index (χ2n) is 6.85. The molecule has 1 aromatic rings. The molecule has 23 heavy (non-hydrogen) atoms. The van der Waals surface area contributed by atoms with Crippen molar-refractivity contribution in [2.75, 3.05) is 50.1 Å². The molecule has 1 aromatic heterocycles. The number of piperazine rings is 1. The monoisotopic (exact) mass is 321 g/mol. The summed E-state index contributed by atoms with van der Waals surface area (Å²) in [7, 11) is 1.82. The van der Waals surface area contributed by atoms with Crippen LogP contribution in [0, 0.1) is 5.41 Å². The average molecular weight is 321 g/mol. The molecular formula is C16H27N5O2. The maximum Gasteiger partial charge on any atom is 0.241 e. The van der Waals surface area contributed by atoms with Crippen LogP contribution in [-0.4, -0.2) is 65.7 Å². The lowest BCUT2D eigenvalue weighted by molar-refractivity contribution is -0.129. The van der Waals surface area contributed by atoms with E-state index in [2.05, 4.69) is 29.1 Å². The Bertz CT molecular complexity index is 535. The zero-order valence-electron chi connectivity index (χ0n) is 14.2. The number of hydrogen-bond donors (Lipinski definition) is 2. The molecule has 2 N–H and O–H groups in total. The van der Waals surface area contributed by atoms with Gasteiger partial charge in [-0.3, -0.25) is 4.79 Å². The maximum atomic E-state index is 11.8. The van der Waals surface area contributed by atoms with Crippen LogP contribution in [0.15, 0.2) is 12.4 Å². The summed E-state index contributed by atoms with van der Waals surface area (Å²) in [4.78, 5) is 24.0. The Morgan fingerprint density at radius 2 is 2.13 bits per heavy atom. The lowest BCUT2D eigenvalue weighted by Crippen LogP contribution is -2.48. The van der Waals surface area contributed by atoms with Crippen LogP contribution in [0.3, 0.4) is 0 Å². The van der Waals surface area contributed by atoms with Crippen LogP contribution in [0.5, 0.6) is 0 Å². The number of nitrogens with zero attached hydrogens (tertiary/aromatic N) is 4. The van der Waals surface area contributed by atoms with E-state index in [1.807, 2.05) is 18.0 Å². The first-order valence-corrected chi connectivity index (χ1v) is 8.07. The van der Waals surface area contributed by atoms with Crippen LogP contribution in [0.25, 0.3) is 0 Å². The summed E-state index contributed by atoms with van der Waals surface area (Å²) in [6.07, 6.45) is 3.43. The Labute approximate surface area is 137 Å². The highest BCUT2D eigenvalue weighted by atomic mass is 16.3. The largest absolute Gasteiger partial charge is 0.396 e. The van der Waals surface area contributed by atoms with Crippen LogP contribution in [0.2, 0.25) is 0 Å². The molecule has 7 nitrogen and oxygen atoms in total. The number of aliphatic hydroxyl groups is 1. The summed E-state index contributed by atoms with van der Waals surface area (Å²) >= 11 is 0. The lowest BCUT2D eigenvalue weighted by atomic mass is 9.89. The minimum absolute atomic E-state index is 0.0430. The molecule has 0 radical (unpaired) electrons. The number of hydrogen-bond acceptors (Lipinski definition) is 6. The predicted octanol–water partition coefficient (Wildman–Crippen LogP) is 0.966. The van der Waals surface area contributed by atoms with E-state index < -0.39 is 0 Å². The minimum atomic E-state index is -0.0430. The number of aliphatic hydroxyl groups excluding tert-OH is 1. The smallest absolute Gasteiger partial charge is 0.241 e. The van der Waals surface area contributed by atoms with Crippen molar-refractivity contribution in [3.05, 3.63) is 12.4 Å². The zero-order valence-corrected chi connectivity index (χ0v) is 14.2. The highest BCUT2D eigenvalue weighted by Crippen LogP contribution is 2.21. The minimum Gasteiger partial charge on any atom is -0.396 e. The van der Waals surface area contributed by atoms with E-state index in [-0.39, 0.29) is 17.9 Å². The van der Waals surface area contributed by atoms with Crippen LogP contribution in [-0.2, 0) is 4.79 Å². The summed E-state index contributed by atoms with van der Waals surface area (Å²) in [6, 6.07) is 1.88. The fourth-order valence-corrected chi connectivity index (χ4v) is 2.43. The third-order valence-corrected chi connectivity index (χ3v) is 4.20. The second-order valence-corrected chi connectivity index (χ2v) is 6.85. The van der Waals surface area contributed by atoms with Crippen LogP contribution >= 0.6 is 0 Å². The van der Waals surface area contributed by atoms with Crippen LogP contribution in [0.1, 0.15) is 26.7 Å². The molecule has 1 aliphatic rings. The van der Waals surface area contributed by atoms with E-state index in [0.717, 1.165) is 37.6 Å². The van der Waals surface area contributed by atoms with Crippen molar-refractivity contribution in [3.63, 3.8) is 0 Å². The van der Waals surface area contributed by atoms with E-state index in [0.29, 0.717) is 13.1 Å². The quantitative estimate of drug-likeness (QED) is 0.728. The topological polar surface area (TPSA) is 81.6 Å². The summed E-state index contributed by atoms with van der Waals surface area (Å²) in [6.45, 7) is 6.95. The number of amides is 1. The second kappa shape index (κ2) is 7.59. The number of rotatable bonds is 7. The van der Waals surface area contributed by atoms with Gasteiger partial charge in [0.2, 0.25) is 5.91 Å². The molecule has 0 unspecified atom stereocenters. The van der Waals surface area contributed by atoms with E-state index in [9.17, 15) is 9.90 Å². The number of carbonyl (C=O) groups excluding carboxylic acids is 1. The molecule has 0 atom stereocenters. The van der Waals surface area contributed by atoms with Crippen molar-refractivity contribution in [1.82, 2.24) is 14.9 Å². The summed E-state index contributed by atoms with van der Waals surface area (Å²) in [5.41, 5.74) is -0.0430. The summed E-state index contributed by atoms with van der Waals surface area (Å²) < 4.78 is 0. The molecule has 1 aliphatic heterocycles. The van der Waals surface area contributed by atoms with Gasteiger partial charge in [-0.15, -0.1) is 0 Å². The van der Waals surface area contributed by atoms with Gasteiger partial charge in [0.25, 0.3) is 0 Å². The van der Waals surface area contributed by atoms with Crippen molar-refractivity contribution >= 4 is 17.5 Å². The first-order chi connectivity index (χ1) is 10.9. The Hall–Kier alpha value is -1.89. The summed E-state index contributed by atoms with van der Waals surface area (Å²) in [5, 5.41) is 12.5. The average Bonchev–Trinajstić information content (AvgIpc) is 2.54. The Morgan fingerprint density at radius 3 is 2.83 bits per heavy atom. The molecule has 1 saturated heterocycles. The number of carbonyl (C=O) groups is 1. The Balaban J connectivity index is 1.86. The molecule has 128 valence electrons. The van der Waals surface area contributed by atoms with Gasteiger partial charge in [0.05, 0.1) is 6.54 Å². The summed E-state index contributed by atoms with van der Waals surface area (Å²) in [5.74, 6) is 1.65. The van der Waals surface area contributed by atoms with Gasteiger partial charge < -0.3 is 20.2 Å². The molecule has 1 amide bonds.